The van der Waals surface area contributed by atoms with Crippen LogP contribution in [0.4, 0.5) is 0 Å². The number of hydrogen-bond donors (Lipinski definition) is 0. The number of nitrogens with zero attached hydrogens (tertiary/aromatic N) is 4. The Hall–Kier alpha value is -0.640. The molecule has 0 aliphatic heterocycles. The average Bonchev–Trinajstić information content (AvgIpc) is 2.36. The fourth-order valence-corrected chi connectivity index (χ4v) is 0.969. The summed E-state index contributed by atoms with van der Waals surface area (Å²) in [6.07, 6.45) is 0.725. The Balaban J connectivity index is 2.58. The maximum atomic E-state index is 6.07. The molecule has 68 valence electrons. The van der Waals surface area contributed by atoms with Crippen molar-refractivity contribution in [3.8, 4) is 0 Å². The van der Waals surface area contributed by atoms with Gasteiger partial charge in [-0.15, -0.1) is 16.7 Å². The average molecular weight is 189 g/mol. The zero-order valence-corrected chi connectivity index (χ0v) is 8.28. The maximum absolute atomic E-state index is 6.07. The van der Waals surface area contributed by atoms with Crippen LogP contribution in [0.2, 0.25) is 0 Å². The van der Waals surface area contributed by atoms with E-state index in [1.165, 1.54) is 0 Å². The van der Waals surface area contributed by atoms with Gasteiger partial charge in [-0.1, -0.05) is 13.8 Å². The third-order valence-electron chi connectivity index (χ3n) is 1.81. The fourth-order valence-electron chi connectivity index (χ4n) is 0.831. The number of tetrazole rings is 1. The summed E-state index contributed by atoms with van der Waals surface area (Å²) >= 11 is 6.07. The Kier molecular flexibility index (Phi) is 3.03. The highest BCUT2D eigenvalue weighted by molar-refractivity contribution is 6.20. The molecule has 0 saturated carbocycles. The topological polar surface area (TPSA) is 43.6 Å². The van der Waals surface area contributed by atoms with Crippen LogP contribution >= 0.6 is 11.6 Å². The summed E-state index contributed by atoms with van der Waals surface area (Å²) < 4.78 is 1.65. The summed E-state index contributed by atoms with van der Waals surface area (Å²) in [5, 5.41) is 11.2. The van der Waals surface area contributed by atoms with Crippen LogP contribution in [0.3, 0.4) is 0 Å². The van der Waals surface area contributed by atoms with E-state index >= 15 is 0 Å². The van der Waals surface area contributed by atoms with E-state index in [4.69, 9.17) is 11.6 Å². The third kappa shape index (κ3) is 2.17. The second-order valence-electron chi connectivity index (χ2n) is 3.18. The van der Waals surface area contributed by atoms with Crippen molar-refractivity contribution in [1.82, 2.24) is 20.2 Å². The minimum atomic E-state index is 0.106. The molecule has 0 fully saturated rings. The van der Waals surface area contributed by atoms with E-state index in [1.54, 1.807) is 4.68 Å². The van der Waals surface area contributed by atoms with Crippen LogP contribution in [0.25, 0.3) is 0 Å². The minimum absolute atomic E-state index is 0.106. The van der Waals surface area contributed by atoms with Crippen LogP contribution in [-0.2, 0) is 13.5 Å². The summed E-state index contributed by atoms with van der Waals surface area (Å²) in [5.74, 6) is 1.28. The first-order valence-electron chi connectivity index (χ1n) is 3.96. The number of halogens is 1. The van der Waals surface area contributed by atoms with Crippen molar-refractivity contribution in [2.24, 2.45) is 13.0 Å². The lowest BCUT2D eigenvalue weighted by Gasteiger charge is -2.10. The molecule has 0 aliphatic rings. The minimum Gasteiger partial charge on any atom is -0.233 e. The van der Waals surface area contributed by atoms with Crippen molar-refractivity contribution >= 4 is 11.6 Å². The van der Waals surface area contributed by atoms with Gasteiger partial charge in [0.05, 0.1) is 0 Å². The molecule has 0 bridgehead atoms. The summed E-state index contributed by atoms with van der Waals surface area (Å²) in [6, 6.07) is 0. The highest BCUT2D eigenvalue weighted by atomic mass is 35.5. The van der Waals surface area contributed by atoms with Crippen molar-refractivity contribution < 1.29 is 0 Å². The molecule has 0 radical (unpaired) electrons. The number of hydrogen-bond acceptors (Lipinski definition) is 3. The zero-order valence-electron chi connectivity index (χ0n) is 7.53. The Morgan fingerprint density at radius 3 is 2.58 bits per heavy atom. The van der Waals surface area contributed by atoms with Crippen LogP contribution in [-0.4, -0.2) is 25.6 Å². The van der Waals surface area contributed by atoms with E-state index in [0.717, 1.165) is 12.2 Å². The Morgan fingerprint density at radius 1 is 1.50 bits per heavy atom. The predicted octanol–water partition coefficient (Wildman–Crippen LogP) is 1.02. The third-order valence-corrected chi connectivity index (χ3v) is 2.47. The van der Waals surface area contributed by atoms with Crippen LogP contribution in [0.5, 0.6) is 0 Å². The molecular formula is C7H13ClN4. The Bertz CT molecular complexity index is 245. The zero-order chi connectivity index (χ0) is 9.14. The predicted molar refractivity (Wildman–Crippen MR) is 47.0 cm³/mol. The Labute approximate surface area is 76.9 Å². The molecule has 1 aromatic rings. The van der Waals surface area contributed by atoms with Crippen molar-refractivity contribution in [2.45, 2.75) is 25.6 Å². The van der Waals surface area contributed by atoms with Gasteiger partial charge in [0.1, 0.15) is 0 Å². The van der Waals surface area contributed by atoms with Crippen LogP contribution < -0.4 is 0 Å². The van der Waals surface area contributed by atoms with Gasteiger partial charge in [-0.05, 0) is 16.3 Å². The smallest absolute Gasteiger partial charge is 0.152 e. The number of alkyl halides is 1. The van der Waals surface area contributed by atoms with E-state index in [0.29, 0.717) is 5.92 Å². The van der Waals surface area contributed by atoms with Crippen LogP contribution in [0.1, 0.15) is 19.7 Å². The van der Waals surface area contributed by atoms with Crippen molar-refractivity contribution in [1.29, 1.82) is 0 Å². The van der Waals surface area contributed by atoms with Gasteiger partial charge in [0.2, 0.25) is 0 Å². The van der Waals surface area contributed by atoms with Crippen molar-refractivity contribution in [3.05, 3.63) is 5.82 Å². The van der Waals surface area contributed by atoms with Gasteiger partial charge < -0.3 is 0 Å². The molecular weight excluding hydrogens is 176 g/mol. The second-order valence-corrected chi connectivity index (χ2v) is 3.74. The molecule has 0 aliphatic carbocycles. The van der Waals surface area contributed by atoms with Gasteiger partial charge in [-0.25, -0.2) is 4.68 Å². The van der Waals surface area contributed by atoms with Crippen LogP contribution in [0, 0.1) is 5.92 Å². The summed E-state index contributed by atoms with van der Waals surface area (Å²) in [6.45, 7) is 4.17. The lowest BCUT2D eigenvalue weighted by Crippen LogP contribution is -2.14. The summed E-state index contributed by atoms with van der Waals surface area (Å²) in [5.41, 5.74) is 0. The molecule has 0 aromatic carbocycles. The highest BCUT2D eigenvalue weighted by Gasteiger charge is 2.13. The van der Waals surface area contributed by atoms with Gasteiger partial charge in [-0.2, -0.15) is 0 Å². The van der Waals surface area contributed by atoms with Gasteiger partial charge in [0.25, 0.3) is 0 Å². The highest BCUT2D eigenvalue weighted by Crippen LogP contribution is 2.13. The van der Waals surface area contributed by atoms with E-state index < -0.39 is 0 Å². The van der Waals surface area contributed by atoms with Gasteiger partial charge in [0.15, 0.2) is 5.82 Å². The fraction of sp³-hybridized carbons (Fsp3) is 0.857. The van der Waals surface area contributed by atoms with E-state index in [2.05, 4.69) is 29.4 Å². The first-order chi connectivity index (χ1) is 5.61. The lowest BCUT2D eigenvalue weighted by molar-refractivity contribution is 0.566. The van der Waals surface area contributed by atoms with Crippen molar-refractivity contribution in [2.75, 3.05) is 0 Å². The molecule has 0 saturated heterocycles. The summed E-state index contributed by atoms with van der Waals surface area (Å²) in [4.78, 5) is 0. The number of aromatic nitrogens is 4. The molecule has 12 heavy (non-hydrogen) atoms. The van der Waals surface area contributed by atoms with Gasteiger partial charge in [-0.3, -0.25) is 0 Å². The number of rotatable bonds is 3. The first kappa shape index (κ1) is 9.45. The largest absolute Gasteiger partial charge is 0.233 e. The molecule has 0 N–H and O–H groups in total. The Morgan fingerprint density at radius 2 is 2.17 bits per heavy atom. The van der Waals surface area contributed by atoms with Gasteiger partial charge >= 0.3 is 0 Å². The molecule has 1 atom stereocenters. The standard InChI is InChI=1S/C7H13ClN4/c1-5(2)6(8)4-7-9-10-11-12(7)3/h5-6H,4H2,1-3H3. The van der Waals surface area contributed by atoms with Crippen molar-refractivity contribution in [3.63, 3.8) is 0 Å². The second kappa shape index (κ2) is 3.85. The van der Waals surface area contributed by atoms with E-state index in [1.807, 2.05) is 7.05 Å². The first-order valence-corrected chi connectivity index (χ1v) is 4.40. The lowest BCUT2D eigenvalue weighted by atomic mass is 10.1. The van der Waals surface area contributed by atoms with E-state index in [9.17, 15) is 0 Å². The van der Waals surface area contributed by atoms with E-state index in [-0.39, 0.29) is 5.38 Å². The quantitative estimate of drug-likeness (QED) is 0.666. The van der Waals surface area contributed by atoms with Crippen LogP contribution in [0.15, 0.2) is 0 Å². The molecule has 5 heteroatoms. The summed E-state index contributed by atoms with van der Waals surface area (Å²) in [7, 11) is 1.82. The monoisotopic (exact) mass is 188 g/mol. The molecule has 1 unspecified atom stereocenters. The molecule has 4 nitrogen and oxygen atoms in total. The normalized spacial score (nSPS) is 13.8. The molecule has 1 aromatic heterocycles. The van der Waals surface area contributed by atoms with Gasteiger partial charge in [0, 0.05) is 18.8 Å². The molecule has 0 amide bonds. The number of aryl methyl sites for hydroxylation is 1. The SMILES string of the molecule is CC(C)C(Cl)Cc1nnnn1C. The molecule has 1 rings (SSSR count). The molecule has 0 spiro atoms. The maximum Gasteiger partial charge on any atom is 0.152 e. The molecule has 1 heterocycles.